The highest BCUT2D eigenvalue weighted by molar-refractivity contribution is 6.31. The molecule has 0 fully saturated rings. The van der Waals surface area contributed by atoms with Crippen molar-refractivity contribution in [2.75, 3.05) is 0 Å². The Bertz CT molecular complexity index is 802. The lowest BCUT2D eigenvalue weighted by Crippen LogP contribution is -2.42. The number of aryl methyl sites for hydroxylation is 1. The molecule has 146 valence electrons. The van der Waals surface area contributed by atoms with E-state index in [1.807, 2.05) is 45.9 Å². The number of aliphatic hydroxyl groups is 1. The van der Waals surface area contributed by atoms with Crippen molar-refractivity contribution in [1.29, 1.82) is 0 Å². The van der Waals surface area contributed by atoms with Crippen molar-refractivity contribution in [1.82, 2.24) is 10.3 Å². The average Bonchev–Trinajstić information content (AvgIpc) is 2.57. The predicted octanol–water partition coefficient (Wildman–Crippen LogP) is 3.05. The van der Waals surface area contributed by atoms with Gasteiger partial charge in [-0.1, -0.05) is 29.3 Å². The number of aliphatic hydroxyl groups excluding tert-OH is 1. The van der Waals surface area contributed by atoms with Gasteiger partial charge in [0.25, 0.3) is 5.91 Å². The van der Waals surface area contributed by atoms with Gasteiger partial charge < -0.3 is 16.2 Å². The van der Waals surface area contributed by atoms with Gasteiger partial charge in [-0.25, -0.2) is 0 Å². The molecule has 2 aromatic rings. The van der Waals surface area contributed by atoms with E-state index in [4.69, 9.17) is 17.3 Å². The van der Waals surface area contributed by atoms with E-state index < -0.39 is 12.1 Å². The van der Waals surface area contributed by atoms with Gasteiger partial charge in [-0.2, -0.15) is 0 Å². The lowest BCUT2D eigenvalue weighted by molar-refractivity contribution is 0.0916. The van der Waals surface area contributed by atoms with Crippen molar-refractivity contribution < 1.29 is 9.90 Å². The first kappa shape index (κ1) is 21.4. The molecule has 2 atom stereocenters. The predicted molar refractivity (Wildman–Crippen MR) is 109 cm³/mol. The molecule has 4 N–H and O–H groups in total. The van der Waals surface area contributed by atoms with E-state index in [0.29, 0.717) is 22.7 Å². The Morgan fingerprint density at radius 3 is 2.67 bits per heavy atom. The fourth-order valence-electron chi connectivity index (χ4n) is 2.81. The van der Waals surface area contributed by atoms with Crippen molar-refractivity contribution in [3.8, 4) is 0 Å². The van der Waals surface area contributed by atoms with Crippen LogP contribution >= 0.6 is 11.6 Å². The molecule has 2 rings (SSSR count). The third-order valence-electron chi connectivity index (χ3n) is 4.18. The zero-order valence-corrected chi connectivity index (χ0v) is 17.0. The number of aromatic nitrogens is 1. The quantitative estimate of drug-likeness (QED) is 0.708. The minimum Gasteiger partial charge on any atom is -0.391 e. The molecule has 0 aliphatic carbocycles. The molecule has 0 bridgehead atoms. The number of carbonyl (C=O) groups excluding carboxylic acids is 1. The van der Waals surface area contributed by atoms with Crippen LogP contribution in [0.15, 0.2) is 36.5 Å². The number of amides is 1. The second-order valence-corrected chi connectivity index (χ2v) is 8.34. The van der Waals surface area contributed by atoms with E-state index in [1.54, 1.807) is 18.3 Å². The third-order valence-corrected chi connectivity index (χ3v) is 4.55. The zero-order valence-electron chi connectivity index (χ0n) is 16.3. The molecule has 0 aliphatic rings. The number of hydrogen-bond acceptors (Lipinski definition) is 4. The second-order valence-electron chi connectivity index (χ2n) is 7.94. The molecule has 0 radical (unpaired) electrons. The van der Waals surface area contributed by atoms with Crippen LogP contribution in [0.1, 0.15) is 48.0 Å². The first-order valence-electron chi connectivity index (χ1n) is 9.02. The molecule has 5 nitrogen and oxygen atoms in total. The molecule has 0 saturated heterocycles. The zero-order chi connectivity index (χ0) is 20.2. The van der Waals surface area contributed by atoms with Crippen LogP contribution in [0.2, 0.25) is 5.02 Å². The smallest absolute Gasteiger partial charge is 0.253 e. The lowest BCUT2D eigenvalue weighted by atomic mass is 9.96. The largest absolute Gasteiger partial charge is 0.391 e. The van der Waals surface area contributed by atoms with Crippen LogP contribution in [0.4, 0.5) is 0 Å². The molecule has 1 aromatic carbocycles. The van der Waals surface area contributed by atoms with E-state index >= 15 is 0 Å². The van der Waals surface area contributed by atoms with Gasteiger partial charge in [0.1, 0.15) is 0 Å². The molecule has 0 saturated carbocycles. The van der Waals surface area contributed by atoms with Crippen LogP contribution in [-0.4, -0.2) is 33.7 Å². The van der Waals surface area contributed by atoms with Gasteiger partial charge in [0.2, 0.25) is 0 Å². The molecular weight excluding hydrogens is 362 g/mol. The van der Waals surface area contributed by atoms with Crippen LogP contribution < -0.4 is 11.1 Å². The van der Waals surface area contributed by atoms with Gasteiger partial charge in [0, 0.05) is 29.2 Å². The summed E-state index contributed by atoms with van der Waals surface area (Å²) in [6, 6.07) is 8.63. The maximum Gasteiger partial charge on any atom is 0.253 e. The average molecular weight is 390 g/mol. The van der Waals surface area contributed by atoms with Gasteiger partial charge in [-0.05, 0) is 57.9 Å². The highest BCUT2D eigenvalue weighted by Crippen LogP contribution is 2.20. The van der Waals surface area contributed by atoms with Gasteiger partial charge >= 0.3 is 0 Å². The van der Waals surface area contributed by atoms with Crippen molar-refractivity contribution in [2.45, 2.75) is 58.2 Å². The number of carbonyl (C=O) groups is 1. The normalized spacial score (nSPS) is 13.9. The Labute approximate surface area is 166 Å². The lowest BCUT2D eigenvalue weighted by Gasteiger charge is -2.23. The van der Waals surface area contributed by atoms with Crippen LogP contribution in [0.3, 0.4) is 0 Å². The van der Waals surface area contributed by atoms with Crippen LogP contribution in [0.25, 0.3) is 0 Å². The number of pyridine rings is 1. The summed E-state index contributed by atoms with van der Waals surface area (Å²) in [5.41, 5.74) is 8.81. The maximum absolute atomic E-state index is 12.5. The maximum atomic E-state index is 12.5. The van der Waals surface area contributed by atoms with Crippen molar-refractivity contribution in [2.24, 2.45) is 5.73 Å². The Kier molecular flexibility index (Phi) is 6.98. The second kappa shape index (κ2) is 8.83. The van der Waals surface area contributed by atoms with Crippen LogP contribution in [0, 0.1) is 6.92 Å². The highest BCUT2D eigenvalue weighted by Gasteiger charge is 2.23. The summed E-state index contributed by atoms with van der Waals surface area (Å²) in [5, 5.41) is 14.1. The molecule has 1 heterocycles. The molecule has 0 aliphatic heterocycles. The first-order chi connectivity index (χ1) is 12.6. The van der Waals surface area contributed by atoms with Gasteiger partial charge in [-0.15, -0.1) is 0 Å². The summed E-state index contributed by atoms with van der Waals surface area (Å²) >= 11 is 6.23. The van der Waals surface area contributed by atoms with Crippen LogP contribution in [-0.2, 0) is 12.8 Å². The van der Waals surface area contributed by atoms with Gasteiger partial charge in [0.15, 0.2) is 0 Å². The molecule has 1 aromatic heterocycles. The summed E-state index contributed by atoms with van der Waals surface area (Å²) in [5.74, 6) is -0.215. The van der Waals surface area contributed by atoms with Crippen LogP contribution in [0.5, 0.6) is 0 Å². The summed E-state index contributed by atoms with van der Waals surface area (Å²) in [6.45, 7) is 7.72. The van der Waals surface area contributed by atoms with Gasteiger partial charge in [0.05, 0.1) is 17.4 Å². The van der Waals surface area contributed by atoms with Crippen molar-refractivity contribution in [3.63, 3.8) is 0 Å². The van der Waals surface area contributed by atoms with Crippen molar-refractivity contribution in [3.05, 3.63) is 63.9 Å². The molecule has 0 spiro atoms. The standard InChI is InChI=1S/C21H28ClN3O2/c1-13-7-8-16(22)14(10-13)11-17(23)19(26)12-18-15(6-5-9-24-18)20(27)25-21(2,3)4/h5-10,17,19,26H,11-12,23H2,1-4H3,(H,25,27)/t17-,19+/m0/s1. The number of benzene rings is 1. The van der Waals surface area contributed by atoms with Gasteiger partial charge in [-0.3, -0.25) is 9.78 Å². The molecule has 6 heteroatoms. The fraction of sp³-hybridized carbons (Fsp3) is 0.429. The third kappa shape index (κ3) is 6.31. The monoisotopic (exact) mass is 389 g/mol. The number of nitrogens with zero attached hydrogens (tertiary/aromatic N) is 1. The van der Waals surface area contributed by atoms with E-state index in [2.05, 4.69) is 10.3 Å². The topological polar surface area (TPSA) is 88.2 Å². The number of rotatable bonds is 6. The highest BCUT2D eigenvalue weighted by atomic mass is 35.5. The number of halogens is 1. The number of hydrogen-bond donors (Lipinski definition) is 3. The molecular formula is C21H28ClN3O2. The SMILES string of the molecule is Cc1ccc(Cl)c(C[C@H](N)[C@H](O)Cc2ncccc2C(=O)NC(C)(C)C)c1. The number of nitrogens with one attached hydrogen (secondary N) is 1. The fourth-order valence-corrected chi connectivity index (χ4v) is 3.01. The van der Waals surface area contributed by atoms with Crippen molar-refractivity contribution >= 4 is 17.5 Å². The minimum absolute atomic E-state index is 0.193. The summed E-state index contributed by atoms with van der Waals surface area (Å²) < 4.78 is 0. The number of nitrogens with two attached hydrogens (primary N) is 1. The Hall–Kier alpha value is -1.95. The van der Waals surface area contributed by atoms with E-state index in [0.717, 1.165) is 11.1 Å². The molecule has 0 unspecified atom stereocenters. The Morgan fingerprint density at radius 2 is 2.00 bits per heavy atom. The van der Waals surface area contributed by atoms with E-state index in [1.165, 1.54) is 0 Å². The minimum atomic E-state index is -0.849. The molecule has 1 amide bonds. The Morgan fingerprint density at radius 1 is 1.30 bits per heavy atom. The Balaban J connectivity index is 2.12. The summed E-state index contributed by atoms with van der Waals surface area (Å²) in [4.78, 5) is 16.8. The van der Waals surface area contributed by atoms with E-state index in [9.17, 15) is 9.90 Å². The van der Waals surface area contributed by atoms with E-state index in [-0.39, 0.29) is 17.9 Å². The summed E-state index contributed by atoms with van der Waals surface area (Å²) in [6.07, 6.45) is 1.40. The molecule has 27 heavy (non-hydrogen) atoms. The first-order valence-corrected chi connectivity index (χ1v) is 9.39. The summed E-state index contributed by atoms with van der Waals surface area (Å²) in [7, 11) is 0.